The summed E-state index contributed by atoms with van der Waals surface area (Å²) < 4.78 is 17.7. The van der Waals surface area contributed by atoms with Gasteiger partial charge in [0.05, 0.1) is 11.6 Å². The molecular formula is C14H17ClN4O2S. The van der Waals surface area contributed by atoms with Gasteiger partial charge in [0.1, 0.15) is 23.4 Å². The maximum atomic E-state index is 11.8. The number of nitrogens with zero attached hydrogens (tertiary/aromatic N) is 4. The molecular weight excluding hydrogens is 324 g/mol. The van der Waals surface area contributed by atoms with Crippen molar-refractivity contribution in [3.63, 3.8) is 0 Å². The van der Waals surface area contributed by atoms with Gasteiger partial charge in [-0.05, 0) is 5.92 Å². The minimum atomic E-state index is -1.28. The Morgan fingerprint density at radius 3 is 2.77 bits per heavy atom. The average Bonchev–Trinajstić information content (AvgIpc) is 2.57. The van der Waals surface area contributed by atoms with E-state index in [4.69, 9.17) is 16.3 Å². The second-order valence-electron chi connectivity index (χ2n) is 5.66. The Bertz CT molecular complexity index is 726. The standard InChI is InChI=1S/C14H17ClN4O2S/c1-7(2)9-6-21-13-11-8(5-10(15)17-13)16-14(22(4)20)18-12(11)19(9)3/h5,7,9H,6H2,1-4H3/t9-,22?/m1/s1. The Labute approximate surface area is 137 Å². The molecule has 0 bridgehead atoms. The Morgan fingerprint density at radius 2 is 2.14 bits per heavy atom. The third kappa shape index (κ3) is 2.57. The first-order chi connectivity index (χ1) is 10.4. The highest BCUT2D eigenvalue weighted by Crippen LogP contribution is 2.37. The van der Waals surface area contributed by atoms with Gasteiger partial charge in [0, 0.05) is 24.3 Å². The monoisotopic (exact) mass is 340 g/mol. The zero-order chi connectivity index (χ0) is 16.0. The van der Waals surface area contributed by atoms with E-state index in [0.29, 0.717) is 40.3 Å². The van der Waals surface area contributed by atoms with E-state index in [2.05, 4.69) is 33.7 Å². The Morgan fingerprint density at radius 1 is 1.41 bits per heavy atom. The van der Waals surface area contributed by atoms with E-state index in [1.54, 1.807) is 12.3 Å². The summed E-state index contributed by atoms with van der Waals surface area (Å²) in [6.07, 6.45) is 1.56. The van der Waals surface area contributed by atoms with Crippen molar-refractivity contribution in [2.45, 2.75) is 25.0 Å². The first-order valence-electron chi connectivity index (χ1n) is 6.96. The molecule has 3 heterocycles. The van der Waals surface area contributed by atoms with Gasteiger partial charge in [-0.1, -0.05) is 25.4 Å². The number of likely N-dealkylation sites (N-methyl/N-ethyl adjacent to an activating group) is 1. The van der Waals surface area contributed by atoms with Crippen LogP contribution in [-0.2, 0) is 11.2 Å². The fourth-order valence-corrected chi connectivity index (χ4v) is 3.24. The van der Waals surface area contributed by atoms with Gasteiger partial charge in [-0.2, -0.15) is 9.97 Å². The van der Waals surface area contributed by atoms with Crippen LogP contribution in [-0.4, -0.2) is 45.5 Å². The van der Waals surface area contributed by atoms with Crippen molar-refractivity contribution in [3.05, 3.63) is 11.2 Å². The van der Waals surface area contributed by atoms with Crippen molar-refractivity contribution < 1.29 is 9.29 Å². The van der Waals surface area contributed by atoms with Crippen LogP contribution in [0.4, 0.5) is 5.82 Å². The molecule has 0 N–H and O–H groups in total. The molecule has 1 unspecified atom stereocenters. The number of aromatic nitrogens is 3. The van der Waals surface area contributed by atoms with Crippen LogP contribution >= 0.6 is 11.6 Å². The molecule has 1 aliphatic rings. The first-order valence-corrected chi connectivity index (χ1v) is 8.89. The quantitative estimate of drug-likeness (QED) is 0.474. The molecule has 1 aliphatic heterocycles. The molecule has 0 aromatic carbocycles. The molecule has 0 saturated heterocycles. The smallest absolute Gasteiger partial charge is 0.344 e. The van der Waals surface area contributed by atoms with Gasteiger partial charge in [-0.15, -0.1) is 0 Å². The van der Waals surface area contributed by atoms with Crippen LogP contribution < -0.4 is 9.64 Å². The highest BCUT2D eigenvalue weighted by Gasteiger charge is 2.30. The van der Waals surface area contributed by atoms with E-state index >= 15 is 0 Å². The van der Waals surface area contributed by atoms with E-state index in [1.165, 1.54) is 0 Å². The number of anilines is 1. The maximum Gasteiger partial charge on any atom is 0.344 e. The lowest BCUT2D eigenvalue weighted by Gasteiger charge is -2.29. The van der Waals surface area contributed by atoms with Crippen molar-refractivity contribution in [1.29, 1.82) is 0 Å². The second-order valence-corrected chi connectivity index (χ2v) is 7.32. The third-order valence-electron chi connectivity index (χ3n) is 3.82. The van der Waals surface area contributed by atoms with Crippen LogP contribution in [0.5, 0.6) is 5.88 Å². The van der Waals surface area contributed by atoms with Gasteiger partial charge >= 0.3 is 5.16 Å². The molecule has 0 radical (unpaired) electrons. The molecule has 8 heteroatoms. The number of hydrogen-bond acceptors (Lipinski definition) is 6. The summed E-state index contributed by atoms with van der Waals surface area (Å²) in [6, 6.07) is 1.78. The summed E-state index contributed by atoms with van der Waals surface area (Å²) in [7, 11) is 1.96. The molecule has 2 aromatic rings. The van der Waals surface area contributed by atoms with E-state index < -0.39 is 11.2 Å². The minimum Gasteiger partial charge on any atom is -0.609 e. The van der Waals surface area contributed by atoms with Gasteiger partial charge < -0.3 is 14.2 Å². The number of pyridine rings is 1. The summed E-state index contributed by atoms with van der Waals surface area (Å²) in [4.78, 5) is 15.1. The summed E-state index contributed by atoms with van der Waals surface area (Å²) in [6.45, 7) is 4.73. The third-order valence-corrected chi connectivity index (χ3v) is 4.71. The van der Waals surface area contributed by atoms with Gasteiger partial charge in [0.15, 0.2) is 5.82 Å². The van der Waals surface area contributed by atoms with E-state index in [0.717, 1.165) is 0 Å². The van der Waals surface area contributed by atoms with Crippen LogP contribution in [0.3, 0.4) is 0 Å². The zero-order valence-electron chi connectivity index (χ0n) is 12.8. The maximum absolute atomic E-state index is 11.8. The molecule has 22 heavy (non-hydrogen) atoms. The van der Waals surface area contributed by atoms with Gasteiger partial charge in [0.25, 0.3) is 0 Å². The Balaban J connectivity index is 2.30. The zero-order valence-corrected chi connectivity index (χ0v) is 14.4. The fraction of sp³-hybridized carbons (Fsp3) is 0.500. The largest absolute Gasteiger partial charge is 0.609 e. The Hall–Kier alpha value is -1.31. The summed E-state index contributed by atoms with van der Waals surface area (Å²) in [5, 5.41) is 1.29. The Kier molecular flexibility index (Phi) is 4.05. The lowest BCUT2D eigenvalue weighted by Crippen LogP contribution is -2.40. The minimum absolute atomic E-state index is 0.129. The molecule has 0 fully saturated rings. The predicted molar refractivity (Wildman–Crippen MR) is 87.2 cm³/mol. The van der Waals surface area contributed by atoms with Gasteiger partial charge in [-0.25, -0.2) is 4.98 Å². The molecule has 118 valence electrons. The van der Waals surface area contributed by atoms with Crippen molar-refractivity contribution in [1.82, 2.24) is 15.0 Å². The summed E-state index contributed by atoms with van der Waals surface area (Å²) in [5.74, 6) is 1.47. The number of ether oxygens (including phenoxy) is 1. The number of halogens is 1. The molecule has 0 spiro atoms. The van der Waals surface area contributed by atoms with E-state index in [1.807, 2.05) is 7.05 Å². The predicted octanol–water partition coefficient (Wildman–Crippen LogP) is 2.27. The van der Waals surface area contributed by atoms with Crippen LogP contribution in [0, 0.1) is 5.92 Å². The van der Waals surface area contributed by atoms with E-state index in [9.17, 15) is 4.55 Å². The van der Waals surface area contributed by atoms with Crippen molar-refractivity contribution in [2.24, 2.45) is 5.92 Å². The van der Waals surface area contributed by atoms with Crippen LogP contribution in [0.1, 0.15) is 13.8 Å². The van der Waals surface area contributed by atoms with Crippen molar-refractivity contribution in [3.8, 4) is 5.88 Å². The van der Waals surface area contributed by atoms with Crippen LogP contribution in [0.15, 0.2) is 11.2 Å². The molecule has 0 aliphatic carbocycles. The lowest BCUT2D eigenvalue weighted by molar-refractivity contribution is 0.254. The molecule has 6 nitrogen and oxygen atoms in total. The highest BCUT2D eigenvalue weighted by molar-refractivity contribution is 7.90. The summed E-state index contributed by atoms with van der Waals surface area (Å²) in [5.41, 5.74) is 0.599. The first kappa shape index (κ1) is 15.6. The van der Waals surface area contributed by atoms with Gasteiger partial charge in [0.2, 0.25) is 5.88 Å². The molecule has 2 atom stereocenters. The second kappa shape index (κ2) is 5.72. The van der Waals surface area contributed by atoms with Crippen molar-refractivity contribution in [2.75, 3.05) is 24.8 Å². The van der Waals surface area contributed by atoms with Gasteiger partial charge in [-0.3, -0.25) is 0 Å². The SMILES string of the molecule is CC(C)[C@H]1COc2nc(Cl)cc3nc([S+](C)[O-])nc(c23)N1C. The summed E-state index contributed by atoms with van der Waals surface area (Å²) >= 11 is 4.78. The van der Waals surface area contributed by atoms with Crippen LogP contribution in [0.25, 0.3) is 10.9 Å². The highest BCUT2D eigenvalue weighted by atomic mass is 35.5. The molecule has 2 aromatic heterocycles. The van der Waals surface area contributed by atoms with Crippen LogP contribution in [0.2, 0.25) is 5.15 Å². The normalized spacial score (nSPS) is 19.2. The number of hydrogen-bond donors (Lipinski definition) is 0. The topological polar surface area (TPSA) is 74.2 Å². The molecule has 0 saturated carbocycles. The van der Waals surface area contributed by atoms with Crippen molar-refractivity contribution >= 4 is 39.5 Å². The molecule has 0 amide bonds. The van der Waals surface area contributed by atoms with E-state index in [-0.39, 0.29) is 11.2 Å². The number of rotatable bonds is 2. The lowest BCUT2D eigenvalue weighted by atomic mass is 10.0. The molecule has 3 rings (SSSR count). The average molecular weight is 341 g/mol. The fourth-order valence-electron chi connectivity index (χ4n) is 2.61.